The van der Waals surface area contributed by atoms with Crippen molar-refractivity contribution in [2.45, 2.75) is 72.4 Å². The first-order valence-electron chi connectivity index (χ1n) is 12.7. The van der Waals surface area contributed by atoms with Crippen LogP contribution in [0.15, 0.2) is 45.9 Å². The first-order chi connectivity index (χ1) is 17.4. The molecule has 0 spiro atoms. The summed E-state index contributed by atoms with van der Waals surface area (Å²) in [6.07, 6.45) is 0.886. The molecule has 2 rings (SSSR count). The number of likely N-dealkylation sites (tertiary alicyclic amines) is 1. The van der Waals surface area contributed by atoms with E-state index in [9.17, 15) is 18.0 Å². The van der Waals surface area contributed by atoms with Crippen LogP contribution in [0.25, 0.3) is 0 Å². The van der Waals surface area contributed by atoms with Gasteiger partial charge in [0.1, 0.15) is 11.7 Å². The van der Waals surface area contributed by atoms with Gasteiger partial charge in [0, 0.05) is 49.2 Å². The maximum atomic E-state index is 13.9. The summed E-state index contributed by atoms with van der Waals surface area (Å²) in [6.45, 7) is 8.42. The molecule has 1 aromatic rings. The standard InChI is InChI=1S/C27H39F3N6O/c1-5-20-16-21(25(31)32)11-12-23(20)35-26(18(2)3)34-17-22(27(28,29)30)19(4)33-13-9-15-36-14-8-6-7-10-24(36)37/h11-12,16-17,33,35H,5-10,13-15H2,1-4H3,(H3,31,32)/b22-19-,34-17-. The number of carbonyl (C=O) groups excluding carboxylic acids is 1. The Bertz CT molecular complexity index is 1050. The molecule has 0 aliphatic carbocycles. The summed E-state index contributed by atoms with van der Waals surface area (Å²) in [6, 6.07) is 5.21. The molecule has 1 aliphatic rings. The molecule has 0 radical (unpaired) electrons. The number of aliphatic imine (C=N–C) groups is 1. The number of hydrogen-bond acceptors (Lipinski definition) is 5. The van der Waals surface area contributed by atoms with Crippen LogP contribution in [0.2, 0.25) is 0 Å². The maximum Gasteiger partial charge on any atom is 0.419 e. The Morgan fingerprint density at radius 1 is 1.22 bits per heavy atom. The molecule has 5 N–H and O–H groups in total. The van der Waals surface area contributed by atoms with Crippen LogP contribution in [-0.2, 0) is 11.2 Å². The summed E-state index contributed by atoms with van der Waals surface area (Å²) in [4.78, 5) is 18.1. The van der Waals surface area contributed by atoms with Crippen molar-refractivity contribution in [1.82, 2.24) is 10.2 Å². The molecule has 7 nitrogen and oxygen atoms in total. The molecule has 204 valence electrons. The lowest BCUT2D eigenvalue weighted by molar-refractivity contribution is -0.130. The van der Waals surface area contributed by atoms with Gasteiger partial charge in [-0.15, -0.1) is 0 Å². The van der Waals surface area contributed by atoms with Gasteiger partial charge in [-0.2, -0.15) is 13.2 Å². The molecule has 1 saturated heterocycles. The number of nitrogen functional groups attached to an aromatic ring is 1. The number of nitrogens with two attached hydrogens (primary N) is 1. The van der Waals surface area contributed by atoms with Crippen molar-refractivity contribution in [2.24, 2.45) is 10.7 Å². The number of aryl methyl sites for hydroxylation is 1. The fraction of sp³-hybridized carbons (Fsp3) is 0.519. The van der Waals surface area contributed by atoms with Gasteiger partial charge >= 0.3 is 6.18 Å². The number of halogens is 3. The topological polar surface area (TPSA) is 107 Å². The van der Waals surface area contributed by atoms with Crippen molar-refractivity contribution in [2.75, 3.05) is 25.0 Å². The van der Waals surface area contributed by atoms with E-state index in [1.807, 2.05) is 6.92 Å². The zero-order chi connectivity index (χ0) is 27.6. The van der Waals surface area contributed by atoms with Crippen LogP contribution >= 0.6 is 0 Å². The van der Waals surface area contributed by atoms with Crippen molar-refractivity contribution in [3.8, 4) is 0 Å². The number of benzene rings is 1. The van der Waals surface area contributed by atoms with E-state index in [1.165, 1.54) is 6.92 Å². The third kappa shape index (κ3) is 9.26. The first kappa shape index (κ1) is 29.9. The molecule has 0 unspecified atom stereocenters. The number of rotatable bonds is 11. The predicted molar refractivity (Wildman–Crippen MR) is 144 cm³/mol. The molecule has 1 aliphatic heterocycles. The van der Waals surface area contributed by atoms with Crippen LogP contribution in [0.5, 0.6) is 0 Å². The van der Waals surface area contributed by atoms with Crippen molar-refractivity contribution < 1.29 is 18.0 Å². The van der Waals surface area contributed by atoms with E-state index in [-0.39, 0.29) is 17.4 Å². The van der Waals surface area contributed by atoms with E-state index in [2.05, 4.69) is 15.6 Å². The number of carbonyl (C=O) groups is 1. The van der Waals surface area contributed by atoms with Gasteiger partial charge in [0.15, 0.2) is 0 Å². The van der Waals surface area contributed by atoms with Gasteiger partial charge in [-0.1, -0.05) is 13.3 Å². The SMILES string of the molecule is CCc1cc(C(=N)N)ccc1NC(/N=C\C(=C(/C)NCCCN1CCCCCC1=O)C(F)(F)F)=C(C)C. The molecule has 1 fully saturated rings. The number of allylic oxidation sites excluding steroid dienone is 3. The Labute approximate surface area is 217 Å². The lowest BCUT2D eigenvalue weighted by Crippen LogP contribution is -2.33. The van der Waals surface area contributed by atoms with E-state index in [4.69, 9.17) is 11.1 Å². The molecule has 37 heavy (non-hydrogen) atoms. The van der Waals surface area contributed by atoms with E-state index in [0.717, 1.165) is 31.0 Å². The van der Waals surface area contributed by atoms with Crippen LogP contribution in [-0.4, -0.2) is 48.7 Å². The fourth-order valence-electron chi connectivity index (χ4n) is 4.02. The number of alkyl halides is 3. The average Bonchev–Trinajstić information content (AvgIpc) is 3.03. The second-order valence-corrected chi connectivity index (χ2v) is 9.38. The Morgan fingerprint density at radius 3 is 2.57 bits per heavy atom. The zero-order valence-electron chi connectivity index (χ0n) is 22.2. The van der Waals surface area contributed by atoms with E-state index in [0.29, 0.717) is 61.5 Å². The van der Waals surface area contributed by atoms with E-state index in [1.54, 1.807) is 36.9 Å². The summed E-state index contributed by atoms with van der Waals surface area (Å²) in [5.41, 5.74) is 7.54. The van der Waals surface area contributed by atoms with Gasteiger partial charge in [0.2, 0.25) is 5.91 Å². The van der Waals surface area contributed by atoms with Crippen molar-refractivity contribution in [3.63, 3.8) is 0 Å². The van der Waals surface area contributed by atoms with Crippen LogP contribution in [0.4, 0.5) is 18.9 Å². The molecular weight excluding hydrogens is 481 g/mol. The number of nitrogens with one attached hydrogen (secondary N) is 3. The fourth-order valence-corrected chi connectivity index (χ4v) is 4.02. The Morgan fingerprint density at radius 2 is 1.95 bits per heavy atom. The van der Waals surface area contributed by atoms with Crippen molar-refractivity contribution in [1.29, 1.82) is 5.41 Å². The highest BCUT2D eigenvalue weighted by Crippen LogP contribution is 2.27. The van der Waals surface area contributed by atoms with Gasteiger partial charge in [-0.05, 0) is 75.8 Å². The molecule has 1 heterocycles. The monoisotopic (exact) mass is 520 g/mol. The van der Waals surface area contributed by atoms with Gasteiger partial charge < -0.3 is 21.3 Å². The number of hydrogen-bond donors (Lipinski definition) is 4. The molecular formula is C27H39F3N6O. The minimum Gasteiger partial charge on any atom is -0.388 e. The number of nitrogens with zero attached hydrogens (tertiary/aromatic N) is 2. The smallest absolute Gasteiger partial charge is 0.388 e. The van der Waals surface area contributed by atoms with Crippen LogP contribution in [0, 0.1) is 5.41 Å². The van der Waals surface area contributed by atoms with Gasteiger partial charge in [-0.3, -0.25) is 10.2 Å². The molecule has 0 aromatic heterocycles. The van der Waals surface area contributed by atoms with Crippen LogP contribution in [0.3, 0.4) is 0 Å². The lowest BCUT2D eigenvalue weighted by Gasteiger charge is -2.21. The number of amides is 1. The minimum atomic E-state index is -4.59. The normalized spacial score (nSPS) is 15.3. The third-order valence-corrected chi connectivity index (χ3v) is 6.22. The summed E-state index contributed by atoms with van der Waals surface area (Å²) in [5, 5.41) is 13.6. The Hall–Kier alpha value is -3.30. The van der Waals surface area contributed by atoms with E-state index < -0.39 is 11.7 Å². The van der Waals surface area contributed by atoms with Crippen LogP contribution < -0.4 is 16.4 Å². The summed E-state index contributed by atoms with van der Waals surface area (Å²) < 4.78 is 41.6. The van der Waals surface area contributed by atoms with Crippen molar-refractivity contribution in [3.05, 3.63) is 52.0 Å². The molecule has 0 bridgehead atoms. The third-order valence-electron chi connectivity index (χ3n) is 6.22. The number of anilines is 1. The zero-order valence-corrected chi connectivity index (χ0v) is 22.2. The summed E-state index contributed by atoms with van der Waals surface area (Å²) >= 11 is 0. The average molecular weight is 521 g/mol. The minimum absolute atomic E-state index is 0.0217. The predicted octanol–water partition coefficient (Wildman–Crippen LogP) is 5.49. The highest BCUT2D eigenvalue weighted by Gasteiger charge is 2.34. The quantitative estimate of drug-likeness (QED) is 0.176. The highest BCUT2D eigenvalue weighted by atomic mass is 19.4. The summed E-state index contributed by atoms with van der Waals surface area (Å²) in [7, 11) is 0. The Kier molecular flexibility index (Phi) is 11.2. The first-order valence-corrected chi connectivity index (χ1v) is 12.7. The molecule has 1 amide bonds. The molecule has 0 atom stereocenters. The molecule has 10 heteroatoms. The maximum absolute atomic E-state index is 13.9. The Balaban J connectivity index is 2.14. The van der Waals surface area contributed by atoms with Gasteiger partial charge in [0.25, 0.3) is 0 Å². The highest BCUT2D eigenvalue weighted by molar-refractivity contribution is 5.95. The van der Waals surface area contributed by atoms with E-state index >= 15 is 0 Å². The second kappa shape index (κ2) is 13.9. The van der Waals surface area contributed by atoms with Crippen LogP contribution in [0.1, 0.15) is 70.9 Å². The largest absolute Gasteiger partial charge is 0.419 e. The molecule has 1 aromatic carbocycles. The van der Waals surface area contributed by atoms with Gasteiger partial charge in [0.05, 0.1) is 5.57 Å². The second-order valence-electron chi connectivity index (χ2n) is 9.38. The van der Waals surface area contributed by atoms with Crippen molar-refractivity contribution >= 4 is 23.6 Å². The summed E-state index contributed by atoms with van der Waals surface area (Å²) in [5.74, 6) is 0.374. The molecule has 0 saturated carbocycles. The van der Waals surface area contributed by atoms with Gasteiger partial charge in [-0.25, -0.2) is 4.99 Å². The number of amidine groups is 1. The lowest BCUT2D eigenvalue weighted by atomic mass is 10.1.